The topological polar surface area (TPSA) is 72.8 Å². The summed E-state index contributed by atoms with van der Waals surface area (Å²) in [4.78, 5) is 0. The molecule has 0 saturated carbocycles. The van der Waals surface area contributed by atoms with Gasteiger partial charge in [-0.05, 0) is 31.2 Å². The summed E-state index contributed by atoms with van der Waals surface area (Å²) < 4.78 is 32.4. The molecule has 6 heteroatoms. The van der Waals surface area contributed by atoms with E-state index in [-0.39, 0.29) is 5.75 Å². The highest BCUT2D eigenvalue weighted by Gasteiger charge is 2.15. The SMILES string of the molecule is COc1ccc(OS(=O)(=O)CC(C)O)cc1. The van der Waals surface area contributed by atoms with Gasteiger partial charge in [0.05, 0.1) is 13.2 Å². The summed E-state index contributed by atoms with van der Waals surface area (Å²) >= 11 is 0. The minimum absolute atomic E-state index is 0.196. The second-order valence-corrected chi connectivity index (χ2v) is 4.95. The molecule has 0 aliphatic heterocycles. The maximum absolute atomic E-state index is 11.4. The normalized spacial score (nSPS) is 13.2. The molecule has 0 aliphatic carbocycles. The van der Waals surface area contributed by atoms with E-state index >= 15 is 0 Å². The smallest absolute Gasteiger partial charge is 0.311 e. The summed E-state index contributed by atoms with van der Waals surface area (Å²) in [7, 11) is -2.23. The van der Waals surface area contributed by atoms with E-state index in [1.54, 1.807) is 12.1 Å². The first kappa shape index (κ1) is 12.8. The number of hydrogen-bond donors (Lipinski definition) is 1. The molecule has 0 bridgehead atoms. The van der Waals surface area contributed by atoms with Gasteiger partial charge in [0, 0.05) is 0 Å². The fourth-order valence-corrected chi connectivity index (χ4v) is 2.17. The third-order valence-electron chi connectivity index (χ3n) is 1.73. The Kier molecular flexibility index (Phi) is 4.14. The lowest BCUT2D eigenvalue weighted by molar-refractivity contribution is 0.215. The molecule has 1 aromatic carbocycles. The van der Waals surface area contributed by atoms with Gasteiger partial charge < -0.3 is 14.0 Å². The van der Waals surface area contributed by atoms with Crippen LogP contribution in [0.4, 0.5) is 0 Å². The third-order valence-corrected chi connectivity index (χ3v) is 3.06. The molecule has 0 radical (unpaired) electrons. The Balaban J connectivity index is 2.72. The molecule has 0 aliphatic rings. The first-order valence-electron chi connectivity index (χ1n) is 4.67. The molecular weight excluding hydrogens is 232 g/mol. The van der Waals surface area contributed by atoms with Gasteiger partial charge in [-0.15, -0.1) is 0 Å². The van der Waals surface area contributed by atoms with Crippen LogP contribution in [0.3, 0.4) is 0 Å². The minimum Gasteiger partial charge on any atom is -0.497 e. The van der Waals surface area contributed by atoms with Crippen molar-refractivity contribution >= 4 is 10.1 Å². The summed E-state index contributed by atoms with van der Waals surface area (Å²) in [5.74, 6) is 0.376. The van der Waals surface area contributed by atoms with E-state index in [1.807, 2.05) is 0 Å². The van der Waals surface area contributed by atoms with Gasteiger partial charge in [-0.1, -0.05) is 0 Å². The first-order chi connectivity index (χ1) is 7.43. The second-order valence-electron chi connectivity index (χ2n) is 3.33. The van der Waals surface area contributed by atoms with Crippen molar-refractivity contribution in [2.75, 3.05) is 12.9 Å². The fraction of sp³-hybridized carbons (Fsp3) is 0.400. The van der Waals surface area contributed by atoms with Crippen molar-refractivity contribution in [1.29, 1.82) is 0 Å². The highest BCUT2D eigenvalue weighted by molar-refractivity contribution is 7.87. The Labute approximate surface area is 94.7 Å². The first-order valence-corrected chi connectivity index (χ1v) is 6.25. The fourth-order valence-electron chi connectivity index (χ4n) is 1.11. The Hall–Kier alpha value is -1.27. The highest BCUT2D eigenvalue weighted by atomic mass is 32.2. The number of benzene rings is 1. The van der Waals surface area contributed by atoms with E-state index in [1.165, 1.54) is 26.2 Å². The second kappa shape index (κ2) is 5.18. The van der Waals surface area contributed by atoms with Gasteiger partial charge in [0.2, 0.25) is 0 Å². The van der Waals surface area contributed by atoms with E-state index in [0.717, 1.165) is 0 Å². The van der Waals surface area contributed by atoms with Crippen LogP contribution in [0.1, 0.15) is 6.92 Å². The molecule has 1 unspecified atom stereocenters. The molecule has 0 spiro atoms. The number of aliphatic hydroxyl groups excluding tert-OH is 1. The lowest BCUT2D eigenvalue weighted by Crippen LogP contribution is -2.22. The molecule has 0 heterocycles. The number of aliphatic hydroxyl groups is 1. The summed E-state index contributed by atoms with van der Waals surface area (Å²) in [6.45, 7) is 1.38. The standard InChI is InChI=1S/C10H14O5S/c1-8(11)7-16(12,13)15-10-5-3-9(14-2)4-6-10/h3-6,8,11H,7H2,1-2H3. The minimum atomic E-state index is -3.74. The average molecular weight is 246 g/mol. The number of rotatable bonds is 5. The van der Waals surface area contributed by atoms with Gasteiger partial charge in [-0.2, -0.15) is 8.42 Å². The molecular formula is C10H14O5S. The van der Waals surface area contributed by atoms with E-state index in [2.05, 4.69) is 0 Å². The molecule has 1 atom stereocenters. The molecule has 0 saturated heterocycles. The molecule has 90 valence electrons. The monoisotopic (exact) mass is 246 g/mol. The van der Waals surface area contributed by atoms with Crippen LogP contribution >= 0.6 is 0 Å². The van der Waals surface area contributed by atoms with Gasteiger partial charge in [0.15, 0.2) is 0 Å². The van der Waals surface area contributed by atoms with Crippen molar-refractivity contribution in [3.05, 3.63) is 24.3 Å². The van der Waals surface area contributed by atoms with E-state index in [0.29, 0.717) is 5.75 Å². The van der Waals surface area contributed by atoms with Crippen molar-refractivity contribution in [2.45, 2.75) is 13.0 Å². The van der Waals surface area contributed by atoms with Gasteiger partial charge in [0.1, 0.15) is 17.3 Å². The van der Waals surface area contributed by atoms with Gasteiger partial charge in [-0.25, -0.2) is 0 Å². The van der Waals surface area contributed by atoms with Crippen LogP contribution in [0, 0.1) is 0 Å². The van der Waals surface area contributed by atoms with Crippen LogP contribution in [0.5, 0.6) is 11.5 Å². The molecule has 0 fully saturated rings. The molecule has 0 amide bonds. The molecule has 0 aromatic heterocycles. The number of methoxy groups -OCH3 is 1. The zero-order chi connectivity index (χ0) is 12.2. The molecule has 5 nitrogen and oxygen atoms in total. The van der Waals surface area contributed by atoms with Crippen LogP contribution in [0.25, 0.3) is 0 Å². The average Bonchev–Trinajstić information content (AvgIpc) is 2.16. The van der Waals surface area contributed by atoms with Crippen molar-refractivity contribution in [3.63, 3.8) is 0 Å². The molecule has 1 rings (SSSR count). The lowest BCUT2D eigenvalue weighted by atomic mass is 10.3. The summed E-state index contributed by atoms with van der Waals surface area (Å²) in [5, 5.41) is 8.97. The summed E-state index contributed by atoms with van der Waals surface area (Å²) in [5.41, 5.74) is 0. The van der Waals surface area contributed by atoms with Crippen LogP contribution < -0.4 is 8.92 Å². The molecule has 16 heavy (non-hydrogen) atoms. The lowest BCUT2D eigenvalue weighted by Gasteiger charge is -2.08. The molecule has 1 N–H and O–H groups in total. The number of hydrogen-bond acceptors (Lipinski definition) is 5. The predicted molar refractivity (Wildman–Crippen MR) is 59.1 cm³/mol. The van der Waals surface area contributed by atoms with Crippen molar-refractivity contribution < 1.29 is 22.4 Å². The third kappa shape index (κ3) is 4.08. The Morgan fingerprint density at radius 1 is 1.25 bits per heavy atom. The van der Waals surface area contributed by atoms with Crippen molar-refractivity contribution in [1.82, 2.24) is 0 Å². The zero-order valence-electron chi connectivity index (χ0n) is 9.08. The van der Waals surface area contributed by atoms with E-state index in [9.17, 15) is 8.42 Å². The summed E-state index contributed by atoms with van der Waals surface area (Å²) in [6.07, 6.45) is -0.955. The van der Waals surface area contributed by atoms with Crippen LogP contribution in [0.2, 0.25) is 0 Å². The molecule has 1 aromatic rings. The van der Waals surface area contributed by atoms with Gasteiger partial charge >= 0.3 is 10.1 Å². The van der Waals surface area contributed by atoms with Gasteiger partial charge in [0.25, 0.3) is 0 Å². The number of ether oxygens (including phenoxy) is 1. The quantitative estimate of drug-likeness (QED) is 0.777. The van der Waals surface area contributed by atoms with Crippen LogP contribution in [0.15, 0.2) is 24.3 Å². The van der Waals surface area contributed by atoms with E-state index < -0.39 is 22.0 Å². The van der Waals surface area contributed by atoms with Crippen LogP contribution in [-0.2, 0) is 10.1 Å². The predicted octanol–water partition coefficient (Wildman–Crippen LogP) is 0.785. The highest BCUT2D eigenvalue weighted by Crippen LogP contribution is 2.18. The van der Waals surface area contributed by atoms with Crippen molar-refractivity contribution in [2.24, 2.45) is 0 Å². The van der Waals surface area contributed by atoms with Crippen LogP contribution in [-0.4, -0.2) is 32.5 Å². The summed E-state index contributed by atoms with van der Waals surface area (Å²) in [6, 6.07) is 6.15. The maximum Gasteiger partial charge on any atom is 0.311 e. The Morgan fingerprint density at radius 3 is 2.19 bits per heavy atom. The largest absolute Gasteiger partial charge is 0.497 e. The van der Waals surface area contributed by atoms with E-state index in [4.69, 9.17) is 14.0 Å². The van der Waals surface area contributed by atoms with Gasteiger partial charge in [-0.3, -0.25) is 0 Å². The zero-order valence-corrected chi connectivity index (χ0v) is 9.90. The maximum atomic E-state index is 11.4. The van der Waals surface area contributed by atoms with Crippen molar-refractivity contribution in [3.8, 4) is 11.5 Å². The Morgan fingerprint density at radius 2 is 1.75 bits per heavy atom. The Bertz CT molecular complexity index is 421.